The third-order valence-corrected chi connectivity index (χ3v) is 3.56. The van der Waals surface area contributed by atoms with E-state index in [0.717, 1.165) is 6.42 Å². The highest BCUT2D eigenvalue weighted by Gasteiger charge is 2.34. The number of Topliss-reactive ketones (excluding diaryl/α,β-unsaturated/α-hetero) is 1. The summed E-state index contributed by atoms with van der Waals surface area (Å²) in [5, 5.41) is 0. The van der Waals surface area contributed by atoms with Crippen molar-refractivity contribution in [2.45, 2.75) is 71.3 Å². The maximum atomic E-state index is 11.9. The second-order valence-corrected chi connectivity index (χ2v) is 6.42. The molecule has 22 heavy (non-hydrogen) atoms. The van der Waals surface area contributed by atoms with Crippen molar-refractivity contribution >= 4 is 11.8 Å². The minimum atomic E-state index is -0.611. The molecule has 1 rings (SSSR count). The molecule has 1 aliphatic rings. The lowest BCUT2D eigenvalue weighted by molar-refractivity contribution is -0.169. The monoisotopic (exact) mass is 315 g/mol. The van der Waals surface area contributed by atoms with Gasteiger partial charge in [0, 0.05) is 6.61 Å². The van der Waals surface area contributed by atoms with Crippen molar-refractivity contribution in [2.24, 2.45) is 11.7 Å². The Bertz CT molecular complexity index is 372. The van der Waals surface area contributed by atoms with Gasteiger partial charge in [0.25, 0.3) is 0 Å². The van der Waals surface area contributed by atoms with Crippen LogP contribution < -0.4 is 5.73 Å². The van der Waals surface area contributed by atoms with Gasteiger partial charge in [0.1, 0.15) is 24.9 Å². The van der Waals surface area contributed by atoms with E-state index in [-0.39, 0.29) is 18.5 Å². The molecule has 0 radical (unpaired) electrons. The first-order chi connectivity index (χ1) is 10.3. The molecule has 1 heterocycles. The van der Waals surface area contributed by atoms with Crippen molar-refractivity contribution in [2.75, 3.05) is 13.2 Å². The van der Waals surface area contributed by atoms with E-state index in [2.05, 4.69) is 0 Å². The molecule has 1 saturated heterocycles. The van der Waals surface area contributed by atoms with E-state index < -0.39 is 24.2 Å². The maximum Gasteiger partial charge on any atom is 0.323 e. The molecule has 6 nitrogen and oxygen atoms in total. The van der Waals surface area contributed by atoms with Crippen LogP contribution in [0.1, 0.15) is 47.0 Å². The number of rotatable bonds is 6. The third-order valence-electron chi connectivity index (χ3n) is 3.56. The van der Waals surface area contributed by atoms with E-state index in [1.807, 2.05) is 13.8 Å². The van der Waals surface area contributed by atoms with E-state index in [1.54, 1.807) is 6.92 Å². The largest absolute Gasteiger partial charge is 0.459 e. The number of carbonyl (C=O) groups excluding carboxylic acids is 2. The van der Waals surface area contributed by atoms with E-state index in [4.69, 9.17) is 19.9 Å². The summed E-state index contributed by atoms with van der Waals surface area (Å²) in [6.07, 6.45) is 0.819. The van der Waals surface area contributed by atoms with Gasteiger partial charge in [-0.2, -0.15) is 0 Å². The van der Waals surface area contributed by atoms with Gasteiger partial charge >= 0.3 is 5.97 Å². The van der Waals surface area contributed by atoms with Gasteiger partial charge in [-0.15, -0.1) is 0 Å². The second kappa shape index (κ2) is 9.22. The van der Waals surface area contributed by atoms with Crippen molar-refractivity contribution in [1.29, 1.82) is 0 Å². The lowest BCUT2D eigenvalue weighted by Gasteiger charge is -2.31. The zero-order valence-electron chi connectivity index (χ0n) is 14.0. The summed E-state index contributed by atoms with van der Waals surface area (Å²) in [5.41, 5.74) is 5.80. The van der Waals surface area contributed by atoms with Crippen molar-refractivity contribution in [3.8, 4) is 0 Å². The Morgan fingerprint density at radius 1 is 1.36 bits per heavy atom. The Balaban J connectivity index is 2.83. The van der Waals surface area contributed by atoms with Gasteiger partial charge in [-0.3, -0.25) is 9.59 Å². The molecule has 0 unspecified atom stereocenters. The van der Waals surface area contributed by atoms with Crippen molar-refractivity contribution in [3.63, 3.8) is 0 Å². The van der Waals surface area contributed by atoms with Gasteiger partial charge in [-0.25, -0.2) is 0 Å². The summed E-state index contributed by atoms with van der Waals surface area (Å²) in [6, 6.07) is -0.611. The van der Waals surface area contributed by atoms with Crippen LogP contribution in [0.3, 0.4) is 0 Å². The molecule has 4 atom stereocenters. The highest BCUT2D eigenvalue weighted by molar-refractivity contribution is 5.76. The van der Waals surface area contributed by atoms with Crippen molar-refractivity contribution in [1.82, 2.24) is 0 Å². The van der Waals surface area contributed by atoms with Crippen LogP contribution in [0.4, 0.5) is 0 Å². The molecular weight excluding hydrogens is 286 g/mol. The first-order valence-corrected chi connectivity index (χ1v) is 8.00. The number of ether oxygens (including phenoxy) is 3. The molecule has 0 bridgehead atoms. The average molecular weight is 315 g/mol. The fraction of sp³-hybridized carbons (Fsp3) is 0.875. The van der Waals surface area contributed by atoms with Crippen LogP contribution in [-0.2, 0) is 23.8 Å². The smallest absolute Gasteiger partial charge is 0.323 e. The van der Waals surface area contributed by atoms with E-state index in [0.29, 0.717) is 25.4 Å². The first kappa shape index (κ1) is 19.1. The molecular formula is C16H29NO5. The molecule has 2 N–H and O–H groups in total. The topological polar surface area (TPSA) is 87.9 Å². The Kier molecular flexibility index (Phi) is 8.00. The predicted molar refractivity (Wildman–Crippen MR) is 82.4 cm³/mol. The molecule has 0 spiro atoms. The molecule has 0 aromatic rings. The Hall–Kier alpha value is -0.980. The lowest BCUT2D eigenvalue weighted by atomic mass is 10.0. The summed E-state index contributed by atoms with van der Waals surface area (Å²) in [4.78, 5) is 23.1. The van der Waals surface area contributed by atoms with Gasteiger partial charge in [0.2, 0.25) is 0 Å². The number of hydrogen-bond acceptors (Lipinski definition) is 6. The first-order valence-electron chi connectivity index (χ1n) is 8.00. The van der Waals surface area contributed by atoms with Crippen LogP contribution >= 0.6 is 0 Å². The molecule has 0 amide bonds. The van der Waals surface area contributed by atoms with Crippen LogP contribution in [0.25, 0.3) is 0 Å². The summed E-state index contributed by atoms with van der Waals surface area (Å²) >= 11 is 0. The molecule has 1 fully saturated rings. The normalized spacial score (nSPS) is 30.4. The van der Waals surface area contributed by atoms with Gasteiger partial charge in [0.05, 0.1) is 6.10 Å². The summed E-state index contributed by atoms with van der Waals surface area (Å²) in [6.45, 7) is 7.95. The quantitative estimate of drug-likeness (QED) is 0.746. The number of nitrogens with two attached hydrogens (primary N) is 1. The zero-order chi connectivity index (χ0) is 16.7. The third kappa shape index (κ3) is 6.42. The van der Waals surface area contributed by atoms with Crippen LogP contribution in [0.5, 0.6) is 0 Å². The van der Waals surface area contributed by atoms with Gasteiger partial charge in [-0.05, 0) is 39.0 Å². The van der Waals surface area contributed by atoms with E-state index in [9.17, 15) is 9.59 Å². The lowest BCUT2D eigenvalue weighted by Crippen LogP contribution is -2.44. The number of hydrogen-bond donors (Lipinski definition) is 1. The summed E-state index contributed by atoms with van der Waals surface area (Å²) in [5.74, 6) is -0.0899. The zero-order valence-corrected chi connectivity index (χ0v) is 14.0. The number of carbonyl (C=O) groups is 2. The SMILES string of the molecule is CC(=O)CO[C@H]1CCC[C@H](N)C(=O)O[C@@H](C)[C@@H]1OCC(C)C. The van der Waals surface area contributed by atoms with Crippen molar-refractivity contribution < 1.29 is 23.8 Å². The van der Waals surface area contributed by atoms with Gasteiger partial charge in [-0.1, -0.05) is 13.8 Å². The van der Waals surface area contributed by atoms with Crippen LogP contribution in [0.15, 0.2) is 0 Å². The minimum absolute atomic E-state index is 0.0381. The number of esters is 1. The molecule has 0 aromatic carbocycles. The average Bonchev–Trinajstić information content (AvgIpc) is 2.46. The molecule has 1 aliphatic heterocycles. The minimum Gasteiger partial charge on any atom is -0.459 e. The molecule has 0 aromatic heterocycles. The fourth-order valence-corrected chi connectivity index (χ4v) is 2.41. The predicted octanol–water partition coefficient (Wildman–Crippen LogP) is 1.44. The highest BCUT2D eigenvalue weighted by atomic mass is 16.6. The molecule has 0 aliphatic carbocycles. The Morgan fingerprint density at radius 2 is 2.05 bits per heavy atom. The Morgan fingerprint density at radius 3 is 2.64 bits per heavy atom. The summed E-state index contributed by atoms with van der Waals surface area (Å²) in [7, 11) is 0. The molecule has 6 heteroatoms. The molecule has 0 saturated carbocycles. The summed E-state index contributed by atoms with van der Waals surface area (Å²) < 4.78 is 17.0. The van der Waals surface area contributed by atoms with E-state index in [1.165, 1.54) is 6.92 Å². The standard InChI is InChI=1S/C16H29NO5/c1-10(2)8-21-15-12(4)22-16(19)13(17)6-5-7-14(15)20-9-11(3)18/h10,12-15H,5-9,17H2,1-4H3/t12-,13-,14-,15-/m0/s1. The highest BCUT2D eigenvalue weighted by Crippen LogP contribution is 2.21. The van der Waals surface area contributed by atoms with Gasteiger partial charge in [0.15, 0.2) is 5.78 Å². The van der Waals surface area contributed by atoms with Crippen LogP contribution in [-0.4, -0.2) is 49.3 Å². The number of cyclic esters (lactones) is 1. The number of ketones is 1. The van der Waals surface area contributed by atoms with Crippen LogP contribution in [0.2, 0.25) is 0 Å². The maximum absolute atomic E-state index is 11.9. The van der Waals surface area contributed by atoms with E-state index >= 15 is 0 Å². The van der Waals surface area contributed by atoms with Crippen LogP contribution in [0, 0.1) is 5.92 Å². The van der Waals surface area contributed by atoms with Crippen molar-refractivity contribution in [3.05, 3.63) is 0 Å². The Labute approximate surface area is 132 Å². The molecule has 128 valence electrons. The second-order valence-electron chi connectivity index (χ2n) is 6.42. The fourth-order valence-electron chi connectivity index (χ4n) is 2.41. The van der Waals surface area contributed by atoms with Gasteiger partial charge < -0.3 is 19.9 Å².